The molecule has 1 aromatic rings. The molecule has 0 aromatic heterocycles. The topological polar surface area (TPSA) is 29.5 Å². The second-order valence-corrected chi connectivity index (χ2v) is 4.83. The third kappa shape index (κ3) is 3.74. The molecule has 0 fully saturated rings. The maximum absolute atomic E-state index is 10.6. The van der Waals surface area contributed by atoms with Crippen molar-refractivity contribution in [2.24, 2.45) is 0 Å². The molecule has 1 N–H and O–H groups in total. The SMILES string of the molecule is CCCC(O)(CC)c1cccc(OC(C)C)c1. The van der Waals surface area contributed by atoms with Crippen LogP contribution >= 0.6 is 0 Å². The average Bonchev–Trinajstić information content (AvgIpc) is 2.28. The molecular formula is C15H24O2. The molecule has 0 bridgehead atoms. The lowest BCUT2D eigenvalue weighted by molar-refractivity contribution is 0.0223. The summed E-state index contributed by atoms with van der Waals surface area (Å²) in [6.07, 6.45) is 2.64. The van der Waals surface area contributed by atoms with Crippen molar-refractivity contribution in [3.63, 3.8) is 0 Å². The van der Waals surface area contributed by atoms with E-state index in [2.05, 4.69) is 6.92 Å². The molecule has 0 aliphatic heterocycles. The standard InChI is InChI=1S/C15H24O2/c1-5-10-15(16,6-2)13-8-7-9-14(11-13)17-12(3)4/h7-9,11-12,16H,5-6,10H2,1-4H3. The number of ether oxygens (including phenoxy) is 1. The zero-order valence-electron chi connectivity index (χ0n) is 11.4. The molecular weight excluding hydrogens is 212 g/mol. The Morgan fingerprint density at radius 3 is 2.53 bits per heavy atom. The minimum atomic E-state index is -0.717. The van der Waals surface area contributed by atoms with Crippen LogP contribution in [0.5, 0.6) is 5.75 Å². The van der Waals surface area contributed by atoms with E-state index in [0.717, 1.165) is 30.6 Å². The summed E-state index contributed by atoms with van der Waals surface area (Å²) in [6.45, 7) is 8.12. The van der Waals surface area contributed by atoms with Gasteiger partial charge in [-0.05, 0) is 44.4 Å². The fourth-order valence-corrected chi connectivity index (χ4v) is 2.07. The third-order valence-corrected chi connectivity index (χ3v) is 2.99. The van der Waals surface area contributed by atoms with Crippen molar-refractivity contribution < 1.29 is 9.84 Å². The zero-order chi connectivity index (χ0) is 12.9. The summed E-state index contributed by atoms with van der Waals surface area (Å²) >= 11 is 0. The third-order valence-electron chi connectivity index (χ3n) is 2.99. The van der Waals surface area contributed by atoms with Crippen molar-refractivity contribution >= 4 is 0 Å². The summed E-state index contributed by atoms with van der Waals surface area (Å²) in [6, 6.07) is 7.82. The van der Waals surface area contributed by atoms with E-state index >= 15 is 0 Å². The highest BCUT2D eigenvalue weighted by molar-refractivity contribution is 5.32. The van der Waals surface area contributed by atoms with Gasteiger partial charge < -0.3 is 9.84 Å². The van der Waals surface area contributed by atoms with Gasteiger partial charge in [0.1, 0.15) is 5.75 Å². The fraction of sp³-hybridized carbons (Fsp3) is 0.600. The number of hydrogen-bond acceptors (Lipinski definition) is 2. The minimum Gasteiger partial charge on any atom is -0.491 e. The molecule has 17 heavy (non-hydrogen) atoms. The molecule has 1 rings (SSSR count). The van der Waals surface area contributed by atoms with Gasteiger partial charge in [0.25, 0.3) is 0 Å². The summed E-state index contributed by atoms with van der Waals surface area (Å²) in [5.74, 6) is 0.834. The lowest BCUT2D eigenvalue weighted by Gasteiger charge is -2.27. The van der Waals surface area contributed by atoms with E-state index in [1.807, 2.05) is 45.0 Å². The van der Waals surface area contributed by atoms with Crippen molar-refractivity contribution in [1.82, 2.24) is 0 Å². The van der Waals surface area contributed by atoms with Gasteiger partial charge in [0.05, 0.1) is 11.7 Å². The second kappa shape index (κ2) is 6.06. The number of benzene rings is 1. The second-order valence-electron chi connectivity index (χ2n) is 4.83. The summed E-state index contributed by atoms with van der Waals surface area (Å²) in [5, 5.41) is 10.6. The van der Waals surface area contributed by atoms with Gasteiger partial charge in [0.15, 0.2) is 0 Å². The molecule has 0 spiro atoms. The first kappa shape index (κ1) is 14.0. The highest BCUT2D eigenvalue weighted by atomic mass is 16.5. The fourth-order valence-electron chi connectivity index (χ4n) is 2.07. The van der Waals surface area contributed by atoms with Crippen molar-refractivity contribution in [3.05, 3.63) is 29.8 Å². The maximum atomic E-state index is 10.6. The molecule has 2 nitrogen and oxygen atoms in total. The molecule has 2 heteroatoms. The Kier molecular flexibility index (Phi) is 5.01. The van der Waals surface area contributed by atoms with Crippen molar-refractivity contribution in [2.45, 2.75) is 58.7 Å². The van der Waals surface area contributed by atoms with Crippen LogP contribution in [0.1, 0.15) is 52.5 Å². The van der Waals surface area contributed by atoms with Crippen LogP contribution in [0.4, 0.5) is 0 Å². The number of hydrogen-bond donors (Lipinski definition) is 1. The van der Waals surface area contributed by atoms with Crippen LogP contribution < -0.4 is 4.74 Å². The van der Waals surface area contributed by atoms with Crippen LogP contribution in [0.15, 0.2) is 24.3 Å². The maximum Gasteiger partial charge on any atom is 0.120 e. The van der Waals surface area contributed by atoms with Crippen LogP contribution in [0.3, 0.4) is 0 Å². The van der Waals surface area contributed by atoms with E-state index in [1.54, 1.807) is 0 Å². The van der Waals surface area contributed by atoms with Gasteiger partial charge in [-0.1, -0.05) is 32.4 Å². The summed E-state index contributed by atoms with van der Waals surface area (Å²) in [4.78, 5) is 0. The van der Waals surface area contributed by atoms with Crippen molar-refractivity contribution in [2.75, 3.05) is 0 Å². The first-order valence-electron chi connectivity index (χ1n) is 6.51. The van der Waals surface area contributed by atoms with Gasteiger partial charge in [0.2, 0.25) is 0 Å². The van der Waals surface area contributed by atoms with Crippen LogP contribution in [0, 0.1) is 0 Å². The van der Waals surface area contributed by atoms with Crippen molar-refractivity contribution in [1.29, 1.82) is 0 Å². The van der Waals surface area contributed by atoms with Crippen molar-refractivity contribution in [3.8, 4) is 5.75 Å². The van der Waals surface area contributed by atoms with Crippen LogP contribution in [-0.2, 0) is 5.60 Å². The summed E-state index contributed by atoms with van der Waals surface area (Å²) in [5.41, 5.74) is 0.241. The first-order valence-corrected chi connectivity index (χ1v) is 6.51. The molecule has 0 radical (unpaired) electrons. The summed E-state index contributed by atoms with van der Waals surface area (Å²) in [7, 11) is 0. The predicted molar refractivity (Wildman–Crippen MR) is 71.3 cm³/mol. The van der Waals surface area contributed by atoms with Crippen LogP contribution in [0.25, 0.3) is 0 Å². The van der Waals surface area contributed by atoms with Gasteiger partial charge in [-0.3, -0.25) is 0 Å². The van der Waals surface area contributed by atoms with Gasteiger partial charge >= 0.3 is 0 Å². The van der Waals surface area contributed by atoms with E-state index in [-0.39, 0.29) is 6.10 Å². The Labute approximate surface area is 105 Å². The molecule has 1 unspecified atom stereocenters. The molecule has 0 heterocycles. The van der Waals surface area contributed by atoms with E-state index in [4.69, 9.17) is 4.74 Å². The van der Waals surface area contributed by atoms with Crippen LogP contribution in [0.2, 0.25) is 0 Å². The Bertz CT molecular complexity index is 347. The highest BCUT2D eigenvalue weighted by Gasteiger charge is 2.26. The molecule has 1 aromatic carbocycles. The normalized spacial score (nSPS) is 14.7. The van der Waals surface area contributed by atoms with Gasteiger partial charge in [-0.25, -0.2) is 0 Å². The van der Waals surface area contributed by atoms with E-state index < -0.39 is 5.60 Å². The van der Waals surface area contributed by atoms with Gasteiger partial charge in [0, 0.05) is 0 Å². The smallest absolute Gasteiger partial charge is 0.120 e. The highest BCUT2D eigenvalue weighted by Crippen LogP contribution is 2.32. The Morgan fingerprint density at radius 2 is 2.00 bits per heavy atom. The Hall–Kier alpha value is -1.02. The van der Waals surface area contributed by atoms with Crippen LogP contribution in [-0.4, -0.2) is 11.2 Å². The molecule has 0 saturated heterocycles. The monoisotopic (exact) mass is 236 g/mol. The number of rotatable bonds is 6. The largest absolute Gasteiger partial charge is 0.491 e. The molecule has 0 amide bonds. The molecule has 1 atom stereocenters. The van der Waals surface area contributed by atoms with E-state index in [9.17, 15) is 5.11 Å². The number of aliphatic hydroxyl groups is 1. The Balaban J connectivity index is 2.96. The quantitative estimate of drug-likeness (QED) is 0.812. The minimum absolute atomic E-state index is 0.158. The predicted octanol–water partition coefficient (Wildman–Crippen LogP) is 3.87. The Morgan fingerprint density at radius 1 is 1.29 bits per heavy atom. The van der Waals surface area contributed by atoms with E-state index in [0.29, 0.717) is 0 Å². The zero-order valence-corrected chi connectivity index (χ0v) is 11.4. The molecule has 96 valence electrons. The molecule has 0 aliphatic carbocycles. The molecule has 0 aliphatic rings. The lowest BCUT2D eigenvalue weighted by atomic mass is 9.87. The van der Waals surface area contributed by atoms with E-state index in [1.165, 1.54) is 0 Å². The summed E-state index contributed by atoms with van der Waals surface area (Å²) < 4.78 is 5.66. The first-order chi connectivity index (χ1) is 8.01. The van der Waals surface area contributed by atoms with Gasteiger partial charge in [-0.2, -0.15) is 0 Å². The lowest BCUT2D eigenvalue weighted by Crippen LogP contribution is -2.24. The average molecular weight is 236 g/mol. The molecule has 0 saturated carbocycles. The van der Waals surface area contributed by atoms with Gasteiger partial charge in [-0.15, -0.1) is 0 Å².